The third kappa shape index (κ3) is 3.98. The molecule has 0 spiro atoms. The normalized spacial score (nSPS) is 15.4. The first-order chi connectivity index (χ1) is 14.5. The van der Waals surface area contributed by atoms with E-state index in [0.717, 1.165) is 24.6 Å². The molecule has 1 saturated heterocycles. The molecule has 0 saturated carbocycles. The molecule has 1 aliphatic heterocycles. The van der Waals surface area contributed by atoms with Gasteiger partial charge in [0.2, 0.25) is 10.0 Å². The summed E-state index contributed by atoms with van der Waals surface area (Å²) in [7, 11) is -1.94. The van der Waals surface area contributed by atoms with E-state index in [1.165, 1.54) is 16.4 Å². The average molecular weight is 429 g/mol. The molecule has 0 bridgehead atoms. The van der Waals surface area contributed by atoms with Gasteiger partial charge >= 0.3 is 0 Å². The second kappa shape index (κ2) is 8.59. The molecule has 1 N–H and O–H groups in total. The molecular weight excluding hydrogens is 404 g/mol. The minimum absolute atomic E-state index is 0.183. The van der Waals surface area contributed by atoms with Crippen molar-refractivity contribution in [3.8, 4) is 0 Å². The fourth-order valence-electron chi connectivity index (χ4n) is 3.72. The predicted octanol–water partition coefficient (Wildman–Crippen LogP) is 4.01. The molecule has 0 aliphatic carbocycles. The summed E-state index contributed by atoms with van der Waals surface area (Å²) >= 11 is 0. The fourth-order valence-corrected chi connectivity index (χ4v) is 5.24. The van der Waals surface area contributed by atoms with Crippen LogP contribution in [0.15, 0.2) is 57.8 Å². The van der Waals surface area contributed by atoms with Gasteiger partial charge in [-0.3, -0.25) is 4.79 Å². The smallest absolute Gasteiger partial charge is 0.291 e. The van der Waals surface area contributed by atoms with Gasteiger partial charge in [0.25, 0.3) is 5.91 Å². The molecular formula is C22H24N2O5S. The van der Waals surface area contributed by atoms with Gasteiger partial charge in [0.05, 0.1) is 11.5 Å². The van der Waals surface area contributed by atoms with Crippen LogP contribution in [0.2, 0.25) is 0 Å². The molecule has 1 aliphatic rings. The summed E-state index contributed by atoms with van der Waals surface area (Å²) in [6.07, 6.45) is 2.83. The van der Waals surface area contributed by atoms with Crippen molar-refractivity contribution in [2.45, 2.75) is 30.8 Å². The zero-order valence-electron chi connectivity index (χ0n) is 16.8. The Morgan fingerprint density at radius 2 is 1.77 bits per heavy atom. The molecule has 158 valence electrons. The van der Waals surface area contributed by atoms with Crippen molar-refractivity contribution < 1.29 is 22.4 Å². The molecule has 3 aromatic rings. The average Bonchev–Trinajstić information content (AvgIpc) is 3.14. The maximum absolute atomic E-state index is 12.8. The molecule has 4 rings (SSSR count). The lowest BCUT2D eigenvalue weighted by molar-refractivity contribution is 0.0992. The number of methoxy groups -OCH3 is 1. The Morgan fingerprint density at radius 1 is 1.07 bits per heavy atom. The van der Waals surface area contributed by atoms with E-state index in [2.05, 4.69) is 5.32 Å². The van der Waals surface area contributed by atoms with E-state index in [1.807, 2.05) is 18.2 Å². The third-order valence-corrected chi connectivity index (χ3v) is 7.17. The van der Waals surface area contributed by atoms with Crippen LogP contribution in [0.4, 0.5) is 5.69 Å². The van der Waals surface area contributed by atoms with Gasteiger partial charge in [-0.15, -0.1) is 0 Å². The van der Waals surface area contributed by atoms with E-state index in [4.69, 9.17) is 9.15 Å². The number of rotatable bonds is 6. The fraction of sp³-hybridized carbons (Fsp3) is 0.318. The van der Waals surface area contributed by atoms with Gasteiger partial charge in [0.1, 0.15) is 5.58 Å². The van der Waals surface area contributed by atoms with E-state index in [0.29, 0.717) is 29.9 Å². The van der Waals surface area contributed by atoms with Crippen molar-refractivity contribution in [2.24, 2.45) is 0 Å². The number of fused-ring (bicyclic) bond motifs is 1. The van der Waals surface area contributed by atoms with E-state index in [1.54, 1.807) is 25.3 Å². The zero-order chi connectivity index (χ0) is 21.1. The minimum atomic E-state index is -3.51. The number of benzene rings is 2. The van der Waals surface area contributed by atoms with Gasteiger partial charge in [-0.2, -0.15) is 4.31 Å². The number of ether oxygens (including phenoxy) is 1. The molecule has 1 aromatic heterocycles. The molecule has 7 nitrogen and oxygen atoms in total. The van der Waals surface area contributed by atoms with Gasteiger partial charge in [-0.25, -0.2) is 8.42 Å². The number of carbonyl (C=O) groups excluding carboxylic acids is 1. The van der Waals surface area contributed by atoms with Gasteiger partial charge in [-0.05, 0) is 43.2 Å². The number of nitrogens with zero attached hydrogens (tertiary/aromatic N) is 1. The van der Waals surface area contributed by atoms with Crippen LogP contribution in [-0.4, -0.2) is 38.8 Å². The van der Waals surface area contributed by atoms with Crippen molar-refractivity contribution in [3.63, 3.8) is 0 Å². The molecule has 8 heteroatoms. The van der Waals surface area contributed by atoms with Crippen LogP contribution in [-0.2, 0) is 21.4 Å². The number of hydrogen-bond acceptors (Lipinski definition) is 5. The van der Waals surface area contributed by atoms with Crippen LogP contribution in [0.3, 0.4) is 0 Å². The zero-order valence-corrected chi connectivity index (χ0v) is 17.6. The first kappa shape index (κ1) is 20.6. The molecule has 2 heterocycles. The van der Waals surface area contributed by atoms with E-state index in [9.17, 15) is 13.2 Å². The summed E-state index contributed by atoms with van der Waals surface area (Å²) in [4.78, 5) is 13.0. The van der Waals surface area contributed by atoms with E-state index < -0.39 is 15.9 Å². The summed E-state index contributed by atoms with van der Waals surface area (Å²) < 4.78 is 38.0. The standard InChI is InChI=1S/C22H24N2O5S/c1-28-15-19-18-7-3-4-8-20(18)29-21(19)22(25)23-16-9-11-17(12-10-16)30(26,27)24-13-5-2-6-14-24/h3-4,7-12H,2,5-6,13-15H2,1H3,(H,23,25). The number of anilines is 1. The summed E-state index contributed by atoms with van der Waals surface area (Å²) in [6, 6.07) is 13.6. The maximum atomic E-state index is 12.8. The number of nitrogens with one attached hydrogen (secondary N) is 1. The lowest BCUT2D eigenvalue weighted by Gasteiger charge is -2.25. The molecule has 0 unspecified atom stereocenters. The van der Waals surface area contributed by atoms with Crippen LogP contribution in [0.5, 0.6) is 0 Å². The monoisotopic (exact) mass is 428 g/mol. The number of para-hydroxylation sites is 1. The summed E-state index contributed by atoms with van der Waals surface area (Å²) in [5, 5.41) is 3.61. The summed E-state index contributed by atoms with van der Waals surface area (Å²) in [6.45, 7) is 1.34. The van der Waals surface area contributed by atoms with Gasteiger partial charge < -0.3 is 14.5 Å². The molecule has 0 radical (unpaired) electrons. The summed E-state index contributed by atoms with van der Waals surface area (Å²) in [5.41, 5.74) is 1.77. The van der Waals surface area contributed by atoms with Gasteiger partial charge in [-0.1, -0.05) is 24.6 Å². The van der Waals surface area contributed by atoms with Crippen molar-refractivity contribution in [2.75, 3.05) is 25.5 Å². The molecule has 1 fully saturated rings. The number of carbonyl (C=O) groups is 1. The summed E-state index contributed by atoms with van der Waals surface area (Å²) in [5.74, 6) is -0.229. The number of amides is 1. The molecule has 2 aromatic carbocycles. The van der Waals surface area contributed by atoms with Crippen LogP contribution in [0.1, 0.15) is 35.4 Å². The van der Waals surface area contributed by atoms with Gasteiger partial charge in [0, 0.05) is 36.8 Å². The Kier molecular flexibility index (Phi) is 5.90. The van der Waals surface area contributed by atoms with Crippen LogP contribution < -0.4 is 5.32 Å². The quantitative estimate of drug-likeness (QED) is 0.641. The molecule has 0 atom stereocenters. The van der Waals surface area contributed by atoms with Gasteiger partial charge in [0.15, 0.2) is 5.76 Å². The van der Waals surface area contributed by atoms with E-state index in [-0.39, 0.29) is 17.3 Å². The highest BCUT2D eigenvalue weighted by molar-refractivity contribution is 7.89. The predicted molar refractivity (Wildman–Crippen MR) is 114 cm³/mol. The third-order valence-electron chi connectivity index (χ3n) is 5.26. The Hall–Kier alpha value is -2.68. The highest BCUT2D eigenvalue weighted by Gasteiger charge is 2.26. The van der Waals surface area contributed by atoms with Crippen LogP contribution >= 0.6 is 0 Å². The maximum Gasteiger partial charge on any atom is 0.291 e. The second-order valence-corrected chi connectivity index (χ2v) is 9.22. The lowest BCUT2D eigenvalue weighted by atomic mass is 10.1. The van der Waals surface area contributed by atoms with Crippen molar-refractivity contribution >= 4 is 32.6 Å². The first-order valence-corrected chi connectivity index (χ1v) is 11.4. The number of piperidine rings is 1. The molecule has 1 amide bonds. The van der Waals surface area contributed by atoms with Crippen molar-refractivity contribution in [1.29, 1.82) is 0 Å². The van der Waals surface area contributed by atoms with Crippen molar-refractivity contribution in [3.05, 3.63) is 59.9 Å². The van der Waals surface area contributed by atoms with Crippen LogP contribution in [0.25, 0.3) is 11.0 Å². The topological polar surface area (TPSA) is 88.8 Å². The lowest BCUT2D eigenvalue weighted by Crippen LogP contribution is -2.35. The second-order valence-electron chi connectivity index (χ2n) is 7.28. The SMILES string of the molecule is COCc1c(C(=O)Nc2ccc(S(=O)(=O)N3CCCCC3)cc2)oc2ccccc12. The highest BCUT2D eigenvalue weighted by Crippen LogP contribution is 2.28. The Bertz CT molecular complexity index is 1150. The first-order valence-electron chi connectivity index (χ1n) is 9.91. The molecule has 30 heavy (non-hydrogen) atoms. The largest absolute Gasteiger partial charge is 0.451 e. The number of hydrogen-bond donors (Lipinski definition) is 1. The van der Waals surface area contributed by atoms with Crippen molar-refractivity contribution in [1.82, 2.24) is 4.31 Å². The van der Waals surface area contributed by atoms with E-state index >= 15 is 0 Å². The number of furan rings is 1. The Labute approximate surface area is 175 Å². The van der Waals surface area contributed by atoms with Crippen LogP contribution in [0, 0.1) is 0 Å². The minimum Gasteiger partial charge on any atom is -0.451 e. The Balaban J connectivity index is 1.54. The Morgan fingerprint density at radius 3 is 2.47 bits per heavy atom. The highest BCUT2D eigenvalue weighted by atomic mass is 32.2. The number of sulfonamides is 1.